The Kier molecular flexibility index (Phi) is 9.08. The van der Waals surface area contributed by atoms with Gasteiger partial charge in [-0.15, -0.1) is 0 Å². The summed E-state index contributed by atoms with van der Waals surface area (Å²) < 4.78 is 5.47. The van der Waals surface area contributed by atoms with E-state index < -0.39 is 17.9 Å². The third kappa shape index (κ3) is 5.98. The van der Waals surface area contributed by atoms with Crippen LogP contribution in [0.15, 0.2) is 96.1 Å². The van der Waals surface area contributed by atoms with Gasteiger partial charge >= 0.3 is 298 Å². The van der Waals surface area contributed by atoms with Crippen LogP contribution in [0.3, 0.4) is 0 Å². The van der Waals surface area contributed by atoms with Crippen molar-refractivity contribution in [1.29, 1.82) is 0 Å². The van der Waals surface area contributed by atoms with Crippen LogP contribution in [-0.4, -0.2) is 7.37 Å². The van der Waals surface area contributed by atoms with Crippen LogP contribution in [0.25, 0.3) is 34.4 Å². The Morgan fingerprint density at radius 3 is 1.50 bits per heavy atom. The molecule has 0 heterocycles. The Morgan fingerprint density at radius 2 is 1.08 bits per heavy atom. The van der Waals surface area contributed by atoms with E-state index in [-0.39, 0.29) is 10.8 Å². The fourth-order valence-electron chi connectivity index (χ4n) is 9.84. The predicted octanol–water partition coefficient (Wildman–Crippen LogP) is 12.7. The second kappa shape index (κ2) is 12.3. The Labute approximate surface area is 295 Å². The summed E-state index contributed by atoms with van der Waals surface area (Å²) in [7, 11) is 1.28. The Balaban J connectivity index is 1.50. The fourth-order valence-corrected chi connectivity index (χ4v) is 41.1. The SMILES string of the molecule is CC[CH2][Zr]([CH3])([SiH3])([CH]1C(C)=Cc2c(-c3ccc(C(C)(C)C)cc3)cccc21)[CH]1C(C(C)C)=Cc2c(-c3ccc(C(C)(C)C)cc3)cccc21. The number of hydrogen-bond acceptors (Lipinski definition) is 0. The third-order valence-corrected chi connectivity index (χ3v) is 39.8. The van der Waals surface area contributed by atoms with Gasteiger partial charge in [0.25, 0.3) is 0 Å². The van der Waals surface area contributed by atoms with Gasteiger partial charge in [-0.2, -0.15) is 0 Å². The van der Waals surface area contributed by atoms with E-state index in [0.29, 0.717) is 13.2 Å². The maximum absolute atomic E-state index is 3.66. The van der Waals surface area contributed by atoms with Gasteiger partial charge in [0.1, 0.15) is 0 Å². The van der Waals surface area contributed by atoms with Gasteiger partial charge in [0, 0.05) is 0 Å². The summed E-state index contributed by atoms with van der Waals surface area (Å²) in [6, 6.07) is 33.3. The average molecular weight is 731 g/mol. The third-order valence-electron chi connectivity index (χ3n) is 12.1. The molecule has 0 aliphatic heterocycles. The van der Waals surface area contributed by atoms with Crippen molar-refractivity contribution in [3.8, 4) is 22.3 Å². The van der Waals surface area contributed by atoms with E-state index in [0.717, 1.165) is 0 Å². The van der Waals surface area contributed by atoms with Crippen LogP contribution in [0.1, 0.15) is 116 Å². The van der Waals surface area contributed by atoms with Crippen molar-refractivity contribution in [3.63, 3.8) is 0 Å². The van der Waals surface area contributed by atoms with Gasteiger partial charge in [0.05, 0.1) is 0 Å². The van der Waals surface area contributed by atoms with E-state index >= 15 is 0 Å². The normalized spacial score (nSPS) is 18.7. The van der Waals surface area contributed by atoms with E-state index in [9.17, 15) is 0 Å². The van der Waals surface area contributed by atoms with Crippen molar-refractivity contribution in [1.82, 2.24) is 0 Å². The van der Waals surface area contributed by atoms with Crippen LogP contribution >= 0.6 is 0 Å². The average Bonchev–Trinajstić information content (AvgIpc) is 3.60. The number of hydrogen-bond donors (Lipinski definition) is 0. The molecule has 0 saturated heterocycles. The molecule has 2 unspecified atom stereocenters. The van der Waals surface area contributed by atoms with Crippen LogP contribution in [0.5, 0.6) is 0 Å². The summed E-state index contributed by atoms with van der Waals surface area (Å²) in [6.07, 6.45) is 6.52. The number of fused-ring (bicyclic) bond motifs is 2. The molecule has 6 rings (SSSR count). The summed E-state index contributed by atoms with van der Waals surface area (Å²) >= 11 is -3.66. The molecule has 2 heteroatoms. The maximum atomic E-state index is 2.90. The van der Waals surface area contributed by atoms with Gasteiger partial charge in [-0.1, -0.05) is 0 Å². The zero-order valence-corrected chi connectivity index (χ0v) is 36.3. The molecular formula is C46H59SiZr. The van der Waals surface area contributed by atoms with E-state index in [4.69, 9.17) is 0 Å². The van der Waals surface area contributed by atoms with Gasteiger partial charge in [0.2, 0.25) is 0 Å². The molecule has 0 nitrogen and oxygen atoms in total. The molecule has 2 aliphatic rings. The summed E-state index contributed by atoms with van der Waals surface area (Å²) in [6.45, 7) is 23.7. The summed E-state index contributed by atoms with van der Waals surface area (Å²) in [5.41, 5.74) is 18.1. The zero-order chi connectivity index (χ0) is 34.8. The minimum absolute atomic E-state index is 0.154. The topological polar surface area (TPSA) is 0 Å². The van der Waals surface area contributed by atoms with Crippen LogP contribution in [0, 0.1) is 5.92 Å². The van der Waals surface area contributed by atoms with Crippen LogP contribution in [0.4, 0.5) is 0 Å². The molecule has 4 aromatic rings. The molecule has 4 aromatic carbocycles. The summed E-state index contributed by atoms with van der Waals surface area (Å²) in [5.74, 6) is 0.523. The van der Waals surface area contributed by atoms with Crippen molar-refractivity contribution in [2.75, 3.05) is 0 Å². The Morgan fingerprint density at radius 1 is 0.646 bits per heavy atom. The molecule has 2 atom stereocenters. The Hall–Kier alpha value is -2.54. The van der Waals surface area contributed by atoms with Crippen LogP contribution in [0.2, 0.25) is 8.76 Å². The van der Waals surface area contributed by atoms with Crippen molar-refractivity contribution in [3.05, 3.63) is 129 Å². The van der Waals surface area contributed by atoms with Gasteiger partial charge in [-0.05, 0) is 0 Å². The fraction of sp³-hybridized carbons (Fsp3) is 0.391. The van der Waals surface area contributed by atoms with Crippen LogP contribution in [-0.2, 0) is 28.8 Å². The summed E-state index contributed by atoms with van der Waals surface area (Å²) in [4.78, 5) is 0. The van der Waals surface area contributed by atoms with E-state index in [1.165, 1.54) is 62.4 Å². The Bertz CT molecular complexity index is 1900. The first-order valence-corrected chi connectivity index (χ1v) is 33.9. The van der Waals surface area contributed by atoms with Gasteiger partial charge < -0.3 is 0 Å². The standard InChI is InChI=1S/C22H25.C20H21.C3H7.CH3.H3Si.Zr/c1-15(2)18-13-17-7-6-8-20(21(17)14-18)16-9-11-19(12-10-16)22(3,4)5;1-14-12-16-6-5-7-18(19(16)13-14)15-8-10-17(11-9-15)20(2,3)4;1-3-2;;;/h6-15H,1-5H3;5-13H,1-4H3;1,3H2,2H3;2*1H3;. The molecule has 0 fully saturated rings. The van der Waals surface area contributed by atoms with Gasteiger partial charge in [-0.3, -0.25) is 0 Å². The van der Waals surface area contributed by atoms with Crippen molar-refractivity contribution in [2.45, 2.75) is 103 Å². The van der Waals surface area contributed by atoms with E-state index in [1.54, 1.807) is 22.3 Å². The molecule has 0 amide bonds. The second-order valence-electron chi connectivity index (χ2n) is 18.5. The molecule has 251 valence electrons. The zero-order valence-electron chi connectivity index (χ0n) is 31.9. The van der Waals surface area contributed by atoms with Gasteiger partial charge in [-0.25, -0.2) is 0 Å². The predicted molar refractivity (Wildman–Crippen MR) is 214 cm³/mol. The molecule has 0 bridgehead atoms. The van der Waals surface area contributed by atoms with E-state index in [1.807, 2.05) is 0 Å². The second-order valence-corrected chi connectivity index (χ2v) is 53.9. The number of rotatable bonds is 7. The van der Waals surface area contributed by atoms with Crippen LogP contribution < -0.4 is 0 Å². The van der Waals surface area contributed by atoms with Crippen molar-refractivity contribution in [2.24, 2.45) is 5.92 Å². The number of benzene rings is 4. The van der Waals surface area contributed by atoms with E-state index in [2.05, 4.69) is 171 Å². The molecule has 0 spiro atoms. The molecular weight excluding hydrogens is 672 g/mol. The molecule has 0 N–H and O–H groups in total. The first kappa shape index (κ1) is 35.3. The number of allylic oxidation sites excluding steroid dienone is 2. The van der Waals surface area contributed by atoms with Crippen molar-refractivity contribution < 1.29 is 17.9 Å². The molecule has 2 aliphatic carbocycles. The van der Waals surface area contributed by atoms with Crippen molar-refractivity contribution >= 4 is 19.5 Å². The molecule has 48 heavy (non-hydrogen) atoms. The first-order chi connectivity index (χ1) is 22.4. The molecule has 0 radical (unpaired) electrons. The quantitative estimate of drug-likeness (QED) is 0.166. The monoisotopic (exact) mass is 729 g/mol. The molecule has 0 saturated carbocycles. The first-order valence-electron chi connectivity index (χ1n) is 18.5. The minimum atomic E-state index is -3.66. The van der Waals surface area contributed by atoms with Gasteiger partial charge in [0.15, 0.2) is 0 Å². The molecule has 0 aromatic heterocycles. The summed E-state index contributed by atoms with van der Waals surface area (Å²) in [5, 5.41) is 0.